The molecule has 0 aromatic heterocycles. The molecule has 0 bridgehead atoms. The van der Waals surface area contributed by atoms with Crippen LogP contribution < -0.4 is 0 Å². The van der Waals surface area contributed by atoms with Crippen molar-refractivity contribution in [1.82, 2.24) is 0 Å². The Balaban J connectivity index is 2.58. The number of aromatic hydroxyl groups is 1. The molecule has 1 aliphatic rings. The number of benzene rings is 1. The van der Waals surface area contributed by atoms with Gasteiger partial charge in [0.05, 0.1) is 0 Å². The first kappa shape index (κ1) is 8.61. The molecule has 0 saturated heterocycles. The van der Waals surface area contributed by atoms with Gasteiger partial charge in [0.25, 0.3) is 0 Å². The van der Waals surface area contributed by atoms with E-state index in [1.54, 1.807) is 6.07 Å². The van der Waals surface area contributed by atoms with Gasteiger partial charge in [-0.15, -0.1) is 0 Å². The van der Waals surface area contributed by atoms with Crippen molar-refractivity contribution in [3.63, 3.8) is 0 Å². The van der Waals surface area contributed by atoms with Gasteiger partial charge >= 0.3 is 0 Å². The largest absolute Gasteiger partial charge is 0.508 e. The molecular formula is C12H16O. The highest BCUT2D eigenvalue weighted by Crippen LogP contribution is 2.45. The van der Waals surface area contributed by atoms with E-state index in [4.69, 9.17) is 0 Å². The van der Waals surface area contributed by atoms with Gasteiger partial charge in [0.1, 0.15) is 5.75 Å². The van der Waals surface area contributed by atoms with Gasteiger partial charge in [0, 0.05) is 5.56 Å². The summed E-state index contributed by atoms with van der Waals surface area (Å²) >= 11 is 0. The van der Waals surface area contributed by atoms with Gasteiger partial charge in [0.15, 0.2) is 0 Å². The highest BCUT2D eigenvalue weighted by Gasteiger charge is 2.34. The van der Waals surface area contributed by atoms with E-state index in [-0.39, 0.29) is 5.41 Å². The van der Waals surface area contributed by atoms with Crippen LogP contribution in [0.3, 0.4) is 0 Å². The lowest BCUT2D eigenvalue weighted by Gasteiger charge is -2.23. The van der Waals surface area contributed by atoms with Crippen molar-refractivity contribution in [3.05, 3.63) is 29.3 Å². The zero-order valence-corrected chi connectivity index (χ0v) is 8.30. The summed E-state index contributed by atoms with van der Waals surface area (Å²) in [5.74, 6) is 0.486. The highest BCUT2D eigenvalue weighted by atomic mass is 16.3. The molecule has 1 atom stereocenters. The predicted octanol–water partition coefficient (Wildman–Crippen LogP) is 3.01. The summed E-state index contributed by atoms with van der Waals surface area (Å²) in [7, 11) is 0. The summed E-state index contributed by atoms with van der Waals surface area (Å²) in [6, 6.07) is 5.88. The minimum atomic E-state index is 0.209. The molecule has 1 N–H and O–H groups in total. The third-order valence-corrected chi connectivity index (χ3v) is 3.46. The Kier molecular flexibility index (Phi) is 1.83. The number of hydrogen-bond acceptors (Lipinski definition) is 1. The minimum Gasteiger partial charge on any atom is -0.508 e. The monoisotopic (exact) mass is 176 g/mol. The molecule has 1 unspecified atom stereocenters. The van der Waals surface area contributed by atoms with Crippen LogP contribution in [0.15, 0.2) is 18.2 Å². The Hall–Kier alpha value is -0.980. The second-order valence-corrected chi connectivity index (χ2v) is 4.23. The first-order valence-electron chi connectivity index (χ1n) is 4.99. The average molecular weight is 176 g/mol. The molecule has 1 aromatic carbocycles. The third kappa shape index (κ3) is 1.14. The van der Waals surface area contributed by atoms with Crippen molar-refractivity contribution in [1.29, 1.82) is 0 Å². The maximum absolute atomic E-state index is 9.80. The molecular weight excluding hydrogens is 160 g/mol. The normalized spacial score (nSPS) is 26.0. The first-order chi connectivity index (χ1) is 6.17. The highest BCUT2D eigenvalue weighted by molar-refractivity contribution is 5.47. The van der Waals surface area contributed by atoms with Crippen molar-refractivity contribution >= 4 is 0 Å². The number of phenolic OH excluding ortho intramolecular Hbond substituents is 1. The fourth-order valence-electron chi connectivity index (χ4n) is 2.38. The number of fused-ring (bicyclic) bond motifs is 1. The van der Waals surface area contributed by atoms with Crippen molar-refractivity contribution < 1.29 is 5.11 Å². The van der Waals surface area contributed by atoms with E-state index in [2.05, 4.69) is 19.9 Å². The van der Waals surface area contributed by atoms with E-state index in [9.17, 15) is 5.11 Å². The fraction of sp³-hybridized carbons (Fsp3) is 0.500. The van der Waals surface area contributed by atoms with E-state index in [0.717, 1.165) is 12.8 Å². The van der Waals surface area contributed by atoms with Gasteiger partial charge < -0.3 is 5.11 Å². The van der Waals surface area contributed by atoms with E-state index in [0.29, 0.717) is 5.75 Å². The summed E-state index contributed by atoms with van der Waals surface area (Å²) in [5, 5.41) is 9.80. The number of phenols is 1. The van der Waals surface area contributed by atoms with Crippen LogP contribution >= 0.6 is 0 Å². The SMILES string of the molecule is CCC1(C)CCc2cccc(O)c21. The zero-order valence-electron chi connectivity index (χ0n) is 8.30. The molecule has 0 amide bonds. The van der Waals surface area contributed by atoms with Crippen LogP contribution in [0.25, 0.3) is 0 Å². The average Bonchev–Trinajstić information content (AvgIpc) is 2.47. The minimum absolute atomic E-state index is 0.209. The quantitative estimate of drug-likeness (QED) is 0.697. The second kappa shape index (κ2) is 2.76. The van der Waals surface area contributed by atoms with Gasteiger partial charge in [0.2, 0.25) is 0 Å². The summed E-state index contributed by atoms with van der Waals surface area (Å²) in [6.07, 6.45) is 3.40. The van der Waals surface area contributed by atoms with E-state index < -0.39 is 0 Å². The molecule has 13 heavy (non-hydrogen) atoms. The molecule has 0 saturated carbocycles. The predicted molar refractivity (Wildman–Crippen MR) is 54.1 cm³/mol. The van der Waals surface area contributed by atoms with Crippen LogP contribution in [-0.2, 0) is 11.8 Å². The van der Waals surface area contributed by atoms with Gasteiger partial charge in [-0.2, -0.15) is 0 Å². The van der Waals surface area contributed by atoms with Gasteiger partial charge in [-0.25, -0.2) is 0 Å². The van der Waals surface area contributed by atoms with Crippen LogP contribution in [0.2, 0.25) is 0 Å². The van der Waals surface area contributed by atoms with E-state index >= 15 is 0 Å². The first-order valence-corrected chi connectivity index (χ1v) is 4.99. The molecule has 0 fully saturated rings. The molecule has 0 heterocycles. The fourth-order valence-corrected chi connectivity index (χ4v) is 2.38. The molecule has 1 aromatic rings. The molecule has 1 aliphatic carbocycles. The van der Waals surface area contributed by atoms with Gasteiger partial charge in [-0.1, -0.05) is 26.0 Å². The molecule has 1 nitrogen and oxygen atoms in total. The number of aryl methyl sites for hydroxylation is 1. The maximum Gasteiger partial charge on any atom is 0.119 e. The van der Waals surface area contributed by atoms with Crippen molar-refractivity contribution in [2.24, 2.45) is 0 Å². The van der Waals surface area contributed by atoms with Gasteiger partial charge in [-0.3, -0.25) is 0 Å². The summed E-state index contributed by atoms with van der Waals surface area (Å²) in [6.45, 7) is 4.44. The lowest BCUT2D eigenvalue weighted by Crippen LogP contribution is -2.16. The standard InChI is InChI=1S/C12H16O/c1-3-12(2)8-7-9-5-4-6-10(13)11(9)12/h4-6,13H,3,7-8H2,1-2H3. The van der Waals surface area contributed by atoms with Crippen LogP contribution in [0.5, 0.6) is 5.75 Å². The molecule has 0 spiro atoms. The Morgan fingerprint density at radius 2 is 2.23 bits per heavy atom. The Morgan fingerprint density at radius 1 is 1.46 bits per heavy atom. The molecule has 0 aliphatic heterocycles. The van der Waals surface area contributed by atoms with Crippen molar-refractivity contribution in [2.75, 3.05) is 0 Å². The summed E-state index contributed by atoms with van der Waals surface area (Å²) in [4.78, 5) is 0. The van der Waals surface area contributed by atoms with Crippen LogP contribution in [0, 0.1) is 0 Å². The molecule has 70 valence electrons. The Bertz CT molecular complexity index is 330. The molecule has 1 heteroatoms. The zero-order chi connectivity index (χ0) is 9.47. The topological polar surface area (TPSA) is 20.2 Å². The van der Waals surface area contributed by atoms with Crippen molar-refractivity contribution in [2.45, 2.75) is 38.5 Å². The van der Waals surface area contributed by atoms with Crippen LogP contribution in [0.1, 0.15) is 37.8 Å². The van der Waals surface area contributed by atoms with E-state index in [1.807, 2.05) is 6.07 Å². The Morgan fingerprint density at radius 3 is 2.92 bits per heavy atom. The smallest absolute Gasteiger partial charge is 0.119 e. The maximum atomic E-state index is 9.80. The number of rotatable bonds is 1. The van der Waals surface area contributed by atoms with E-state index in [1.165, 1.54) is 17.5 Å². The molecule has 2 rings (SSSR count). The second-order valence-electron chi connectivity index (χ2n) is 4.23. The van der Waals surface area contributed by atoms with Gasteiger partial charge in [-0.05, 0) is 36.3 Å². The van der Waals surface area contributed by atoms with Crippen LogP contribution in [0.4, 0.5) is 0 Å². The summed E-state index contributed by atoms with van der Waals surface area (Å²) < 4.78 is 0. The molecule has 0 radical (unpaired) electrons. The Labute approximate surface area is 79.4 Å². The lowest BCUT2D eigenvalue weighted by molar-refractivity contribution is 0.411. The lowest BCUT2D eigenvalue weighted by atomic mass is 9.81. The van der Waals surface area contributed by atoms with Crippen LogP contribution in [-0.4, -0.2) is 5.11 Å². The third-order valence-electron chi connectivity index (χ3n) is 3.46. The van der Waals surface area contributed by atoms with Crippen molar-refractivity contribution in [3.8, 4) is 5.75 Å². The number of hydrogen-bond donors (Lipinski definition) is 1. The summed E-state index contributed by atoms with van der Waals surface area (Å²) in [5.41, 5.74) is 2.74.